The van der Waals surface area contributed by atoms with Crippen molar-refractivity contribution in [3.63, 3.8) is 0 Å². The van der Waals surface area contributed by atoms with Crippen LogP contribution in [0.1, 0.15) is 32.6 Å². The van der Waals surface area contributed by atoms with Crippen LogP contribution in [0.5, 0.6) is 0 Å². The largest absolute Gasteiger partial charge is 0.389 e. The molecule has 2 aromatic carbocycles. The number of hydrogen-bond acceptors (Lipinski definition) is 2. The minimum atomic E-state index is -0.134. The summed E-state index contributed by atoms with van der Waals surface area (Å²) in [5.74, 6) is -0.134. The zero-order valence-electron chi connectivity index (χ0n) is 12.4. The summed E-state index contributed by atoms with van der Waals surface area (Å²) in [6, 6.07) is 11.3. The van der Waals surface area contributed by atoms with E-state index in [4.69, 9.17) is 18.0 Å². The fourth-order valence-corrected chi connectivity index (χ4v) is 2.34. The van der Waals surface area contributed by atoms with Gasteiger partial charge in [-0.05, 0) is 44.5 Å². The average molecular weight is 298 g/mol. The van der Waals surface area contributed by atoms with Crippen LogP contribution in [0.4, 0.5) is 5.69 Å². The van der Waals surface area contributed by atoms with Gasteiger partial charge in [-0.2, -0.15) is 0 Å². The minimum Gasteiger partial charge on any atom is -0.389 e. The van der Waals surface area contributed by atoms with E-state index in [0.29, 0.717) is 10.6 Å². The molecule has 21 heavy (non-hydrogen) atoms. The number of rotatable bonds is 3. The van der Waals surface area contributed by atoms with Gasteiger partial charge in [-0.15, -0.1) is 0 Å². The Labute approximate surface area is 130 Å². The van der Waals surface area contributed by atoms with Crippen LogP contribution in [0.15, 0.2) is 36.4 Å². The molecular formula is C17H18N2OS. The van der Waals surface area contributed by atoms with Crippen LogP contribution >= 0.6 is 12.2 Å². The van der Waals surface area contributed by atoms with Crippen LogP contribution in [0.2, 0.25) is 0 Å². The van der Waals surface area contributed by atoms with Crippen molar-refractivity contribution in [3.8, 4) is 0 Å². The number of nitrogens with one attached hydrogen (secondary N) is 1. The molecule has 2 aromatic rings. The summed E-state index contributed by atoms with van der Waals surface area (Å²) in [7, 11) is 0. The van der Waals surface area contributed by atoms with Crippen LogP contribution in [0.3, 0.4) is 0 Å². The number of thiocarbonyl (C=S) groups is 1. The molecule has 2 rings (SSSR count). The molecule has 0 heterocycles. The lowest BCUT2D eigenvalue weighted by molar-refractivity contribution is 0.102. The predicted molar refractivity (Wildman–Crippen MR) is 90.9 cm³/mol. The number of nitrogens with two attached hydrogens (primary N) is 1. The highest BCUT2D eigenvalue weighted by atomic mass is 32.1. The Kier molecular flexibility index (Phi) is 4.38. The number of aryl methyl sites for hydroxylation is 3. The molecule has 4 heteroatoms. The molecule has 0 bridgehead atoms. The summed E-state index contributed by atoms with van der Waals surface area (Å²) in [5.41, 5.74) is 10.8. The third-order valence-corrected chi connectivity index (χ3v) is 3.49. The van der Waals surface area contributed by atoms with Crippen molar-refractivity contribution in [2.24, 2.45) is 5.73 Å². The lowest BCUT2D eigenvalue weighted by Crippen LogP contribution is -2.15. The standard InChI is InChI=1S/C17H18N2OS/c1-10-6-11(2)8-14(7-10)17(20)19-15-9-13(16(18)21)5-4-12(15)3/h4-9H,1-3H3,(H2,18,21)(H,19,20). The Morgan fingerprint density at radius 1 is 1.00 bits per heavy atom. The third kappa shape index (κ3) is 3.67. The van der Waals surface area contributed by atoms with Gasteiger partial charge in [-0.3, -0.25) is 4.79 Å². The van der Waals surface area contributed by atoms with Gasteiger partial charge in [0.05, 0.1) is 0 Å². The Hall–Kier alpha value is -2.20. The summed E-state index contributed by atoms with van der Waals surface area (Å²) < 4.78 is 0. The maximum absolute atomic E-state index is 12.4. The van der Waals surface area contributed by atoms with Gasteiger partial charge in [0.2, 0.25) is 0 Å². The maximum Gasteiger partial charge on any atom is 0.255 e. The molecule has 0 saturated carbocycles. The van der Waals surface area contributed by atoms with E-state index in [1.165, 1.54) is 0 Å². The van der Waals surface area contributed by atoms with Gasteiger partial charge in [0.25, 0.3) is 5.91 Å². The third-order valence-electron chi connectivity index (χ3n) is 3.25. The zero-order valence-corrected chi connectivity index (χ0v) is 13.2. The lowest BCUT2D eigenvalue weighted by Gasteiger charge is -2.11. The highest BCUT2D eigenvalue weighted by molar-refractivity contribution is 7.80. The molecule has 0 aliphatic carbocycles. The van der Waals surface area contributed by atoms with Gasteiger partial charge in [-0.1, -0.05) is 41.5 Å². The average Bonchev–Trinajstić information content (AvgIpc) is 2.39. The molecule has 108 valence electrons. The smallest absolute Gasteiger partial charge is 0.255 e. The SMILES string of the molecule is Cc1cc(C)cc(C(=O)Nc2cc(C(N)=S)ccc2C)c1. The summed E-state index contributed by atoms with van der Waals surface area (Å²) in [6.45, 7) is 5.88. The van der Waals surface area contributed by atoms with Crippen molar-refractivity contribution in [1.82, 2.24) is 0 Å². The molecule has 1 amide bonds. The first-order valence-corrected chi connectivity index (χ1v) is 7.08. The number of carbonyl (C=O) groups excluding carboxylic acids is 1. The van der Waals surface area contributed by atoms with Crippen molar-refractivity contribution in [2.75, 3.05) is 5.32 Å². The molecule has 0 aliphatic rings. The Morgan fingerprint density at radius 2 is 1.62 bits per heavy atom. The molecule has 0 radical (unpaired) electrons. The van der Waals surface area contributed by atoms with Crippen molar-refractivity contribution >= 4 is 28.8 Å². The van der Waals surface area contributed by atoms with Crippen molar-refractivity contribution in [1.29, 1.82) is 0 Å². The van der Waals surface area contributed by atoms with Gasteiger partial charge in [-0.25, -0.2) is 0 Å². The monoisotopic (exact) mass is 298 g/mol. The molecule has 0 saturated heterocycles. The van der Waals surface area contributed by atoms with Crippen LogP contribution in [0, 0.1) is 20.8 Å². The topological polar surface area (TPSA) is 55.1 Å². The van der Waals surface area contributed by atoms with E-state index < -0.39 is 0 Å². The molecule has 0 fully saturated rings. The molecule has 3 N–H and O–H groups in total. The second kappa shape index (κ2) is 6.06. The van der Waals surface area contributed by atoms with E-state index in [2.05, 4.69) is 5.32 Å². The number of anilines is 1. The van der Waals surface area contributed by atoms with E-state index in [0.717, 1.165) is 27.9 Å². The highest BCUT2D eigenvalue weighted by Gasteiger charge is 2.10. The minimum absolute atomic E-state index is 0.134. The van der Waals surface area contributed by atoms with E-state index >= 15 is 0 Å². The van der Waals surface area contributed by atoms with Gasteiger partial charge in [0.15, 0.2) is 0 Å². The summed E-state index contributed by atoms with van der Waals surface area (Å²) >= 11 is 4.97. The molecule has 0 atom stereocenters. The zero-order chi connectivity index (χ0) is 15.6. The first kappa shape index (κ1) is 15.2. The second-order valence-electron chi connectivity index (χ2n) is 5.22. The number of amides is 1. The maximum atomic E-state index is 12.4. The van der Waals surface area contributed by atoms with E-state index in [-0.39, 0.29) is 5.91 Å². The molecule has 0 aliphatic heterocycles. The van der Waals surface area contributed by atoms with E-state index in [1.54, 1.807) is 6.07 Å². The van der Waals surface area contributed by atoms with Gasteiger partial charge in [0, 0.05) is 16.8 Å². The van der Waals surface area contributed by atoms with E-state index in [1.807, 2.05) is 51.1 Å². The number of benzene rings is 2. The lowest BCUT2D eigenvalue weighted by atomic mass is 10.1. The molecule has 3 nitrogen and oxygen atoms in total. The first-order chi connectivity index (χ1) is 9.86. The number of carbonyl (C=O) groups is 1. The molecular weight excluding hydrogens is 280 g/mol. The van der Waals surface area contributed by atoms with Crippen molar-refractivity contribution in [2.45, 2.75) is 20.8 Å². The predicted octanol–water partition coefficient (Wildman–Crippen LogP) is 3.50. The summed E-state index contributed by atoms with van der Waals surface area (Å²) in [4.78, 5) is 12.7. The molecule has 0 aromatic heterocycles. The Bertz CT molecular complexity index is 702. The Morgan fingerprint density at radius 3 is 2.19 bits per heavy atom. The Balaban J connectivity index is 2.31. The van der Waals surface area contributed by atoms with Gasteiger partial charge < -0.3 is 11.1 Å². The summed E-state index contributed by atoms with van der Waals surface area (Å²) in [6.07, 6.45) is 0. The van der Waals surface area contributed by atoms with E-state index in [9.17, 15) is 4.79 Å². The van der Waals surface area contributed by atoms with Gasteiger partial charge in [0.1, 0.15) is 4.99 Å². The fourth-order valence-electron chi connectivity index (χ4n) is 2.21. The van der Waals surface area contributed by atoms with Crippen molar-refractivity contribution < 1.29 is 4.79 Å². The van der Waals surface area contributed by atoms with Crippen LogP contribution in [0.25, 0.3) is 0 Å². The quantitative estimate of drug-likeness (QED) is 0.853. The molecule has 0 unspecified atom stereocenters. The van der Waals surface area contributed by atoms with Crippen LogP contribution < -0.4 is 11.1 Å². The first-order valence-electron chi connectivity index (χ1n) is 6.67. The summed E-state index contributed by atoms with van der Waals surface area (Å²) in [5, 5.41) is 2.92. The normalized spacial score (nSPS) is 10.2. The number of hydrogen-bond donors (Lipinski definition) is 2. The van der Waals surface area contributed by atoms with Crippen LogP contribution in [-0.2, 0) is 0 Å². The van der Waals surface area contributed by atoms with Gasteiger partial charge >= 0.3 is 0 Å². The molecule has 0 spiro atoms. The second-order valence-corrected chi connectivity index (χ2v) is 5.66. The fraction of sp³-hybridized carbons (Fsp3) is 0.176. The highest BCUT2D eigenvalue weighted by Crippen LogP contribution is 2.19. The van der Waals surface area contributed by atoms with Crippen molar-refractivity contribution in [3.05, 3.63) is 64.2 Å². The van der Waals surface area contributed by atoms with Crippen LogP contribution in [-0.4, -0.2) is 10.9 Å².